The molecule has 23 heteroatoms. The Morgan fingerprint density at radius 3 is 1.69 bits per heavy atom. The number of aliphatic carboxylic acids is 3. The van der Waals surface area contributed by atoms with E-state index < -0.39 is 159 Å². The number of aliphatic hydroxyl groups is 10. The van der Waals surface area contributed by atoms with Crippen LogP contribution in [0.5, 0.6) is 0 Å². The van der Waals surface area contributed by atoms with Crippen molar-refractivity contribution >= 4 is 61.6 Å². The Hall–Kier alpha value is -3.24. The second kappa shape index (κ2) is 35.2. The number of carboxylic acids is 3. The van der Waals surface area contributed by atoms with Crippen molar-refractivity contribution in [2.24, 2.45) is 23.5 Å². The van der Waals surface area contributed by atoms with Gasteiger partial charge in [0.2, 0.25) is 0 Å². The average Bonchev–Trinajstić information content (AvgIpc) is 3.29. The zero-order valence-corrected chi connectivity index (χ0v) is 44.6. The molecule has 2 fully saturated rings. The van der Waals surface area contributed by atoms with E-state index in [1.165, 1.54) is 13.0 Å². The van der Waals surface area contributed by atoms with Gasteiger partial charge in [-0.2, -0.15) is 0 Å². The second-order valence-electron chi connectivity index (χ2n) is 18.9. The minimum absolute atomic E-state index is 0. The maximum Gasteiger partial charge on any atom is 0.311 e. The topological polar surface area (TPSA) is 394 Å². The Morgan fingerprint density at radius 1 is 0.635 bits per heavy atom. The molecule has 0 aromatic heterocycles. The van der Waals surface area contributed by atoms with E-state index in [1.54, 1.807) is 80.7 Å². The van der Waals surface area contributed by atoms with E-state index in [0.717, 1.165) is 0 Å². The van der Waals surface area contributed by atoms with E-state index in [2.05, 4.69) is 0 Å². The smallest absolute Gasteiger partial charge is 0.311 e. The standard InChI is InChI=1S/C47H73NO17.C4H6O4.Ca/c1-27-17-15-13-11-9-7-5-6-8-10-12-14-16-18-34(64-46-44(58)41(48)43(57)30(4)63-46)24-38-40(45(59)60)37(54)26-47(61,65-38)25-33(51)22-36(53)35(52)20-19-31(49)21-32(50)23-39(55)62-29(3)28(2)42(27)56;5-3(6)1-2-4(7)8;/h5-18,27-38,40-44,46,49-54,56-58,61H,19-26,48H2,1-4H3,(H,59,60);1-2H2,(H,5,6)(H,7,8);/b6-5+,9-7+,10-8+,13-11+,14-12+,17-15+,18-16+;;/t27-,28-,29-,30+,31+,32+,33-,34-,35+,36+,37-,38-,40+,41-,42+,43+,44-,46-,47+;;/m0../s1. The van der Waals surface area contributed by atoms with Crippen molar-refractivity contribution in [2.75, 3.05) is 0 Å². The average molecular weight is 1080 g/mol. The monoisotopic (exact) mass is 1080 g/mol. The molecule has 19 atom stereocenters. The summed E-state index contributed by atoms with van der Waals surface area (Å²) in [6, 6.07) is -1.15. The second-order valence-corrected chi connectivity index (χ2v) is 18.9. The van der Waals surface area contributed by atoms with E-state index in [1.807, 2.05) is 19.1 Å². The minimum atomic E-state index is -2.33. The zero-order chi connectivity index (χ0) is 55.0. The van der Waals surface area contributed by atoms with Gasteiger partial charge in [-0.1, -0.05) is 98.9 Å². The first-order valence-corrected chi connectivity index (χ1v) is 24.4. The molecule has 3 aliphatic rings. The van der Waals surface area contributed by atoms with Crippen molar-refractivity contribution in [3.05, 3.63) is 85.1 Å². The van der Waals surface area contributed by atoms with E-state index in [0.29, 0.717) is 0 Å². The predicted molar refractivity (Wildman–Crippen MR) is 267 cm³/mol. The molecule has 3 rings (SSSR count). The van der Waals surface area contributed by atoms with Crippen molar-refractivity contribution in [3.63, 3.8) is 0 Å². The fourth-order valence-corrected chi connectivity index (χ4v) is 8.18. The molecular formula is C51H79CaNO21. The van der Waals surface area contributed by atoms with E-state index >= 15 is 0 Å². The number of nitrogens with two attached hydrogens (primary N) is 1. The van der Waals surface area contributed by atoms with Crippen LogP contribution >= 0.6 is 0 Å². The molecule has 22 nitrogen and oxygen atoms in total. The number of allylic oxidation sites excluding steroid dienone is 12. The van der Waals surface area contributed by atoms with Gasteiger partial charge in [-0.15, -0.1) is 0 Å². The number of carboxylic acid groups (broad SMARTS) is 3. The van der Waals surface area contributed by atoms with Gasteiger partial charge in [0.25, 0.3) is 0 Å². The van der Waals surface area contributed by atoms with Crippen LogP contribution in [0.2, 0.25) is 0 Å². The van der Waals surface area contributed by atoms with Crippen LogP contribution in [0.4, 0.5) is 0 Å². The molecule has 74 heavy (non-hydrogen) atoms. The van der Waals surface area contributed by atoms with Crippen molar-refractivity contribution in [1.29, 1.82) is 0 Å². The normalized spacial score (nSPS) is 40.9. The summed E-state index contributed by atoms with van der Waals surface area (Å²) in [6.45, 7) is 6.74. The number of hydrogen-bond donors (Lipinski definition) is 14. The third-order valence-electron chi connectivity index (χ3n) is 12.6. The van der Waals surface area contributed by atoms with Crippen LogP contribution in [0.15, 0.2) is 85.1 Å². The third-order valence-corrected chi connectivity index (χ3v) is 12.6. The Labute approximate surface area is 461 Å². The fourth-order valence-electron chi connectivity index (χ4n) is 8.18. The summed E-state index contributed by atoms with van der Waals surface area (Å²) in [5.74, 6) is -8.98. The number of fused-ring (bicyclic) bond motifs is 2. The summed E-state index contributed by atoms with van der Waals surface area (Å²) in [4.78, 5) is 44.4. The molecule has 2 bridgehead atoms. The number of rotatable bonds is 6. The molecule has 2 radical (unpaired) electrons. The first-order chi connectivity index (χ1) is 34.2. The summed E-state index contributed by atoms with van der Waals surface area (Å²) < 4.78 is 23.1. The van der Waals surface area contributed by atoms with Crippen LogP contribution in [0.25, 0.3) is 0 Å². The molecular weight excluding hydrogens is 1000 g/mol. The van der Waals surface area contributed by atoms with Gasteiger partial charge in [-0.25, -0.2) is 0 Å². The Morgan fingerprint density at radius 2 is 1.16 bits per heavy atom. The van der Waals surface area contributed by atoms with Crippen LogP contribution in [0.3, 0.4) is 0 Å². The van der Waals surface area contributed by atoms with Crippen LogP contribution in [0, 0.1) is 17.8 Å². The van der Waals surface area contributed by atoms with Crippen molar-refractivity contribution < 1.29 is 105 Å². The Kier molecular flexibility index (Phi) is 32.7. The summed E-state index contributed by atoms with van der Waals surface area (Å²) in [5, 5.41) is 134. The number of carbonyl (C=O) groups is 4. The molecule has 0 saturated carbocycles. The van der Waals surface area contributed by atoms with Gasteiger partial charge in [0.15, 0.2) is 12.1 Å². The Balaban J connectivity index is 0.00000279. The van der Waals surface area contributed by atoms with E-state index in [9.17, 15) is 75.3 Å². The number of aliphatic hydroxyl groups excluding tert-OH is 9. The largest absolute Gasteiger partial charge is 0.481 e. The summed E-state index contributed by atoms with van der Waals surface area (Å²) >= 11 is 0. The SMILES string of the molecule is C[C@@H]1[C@H](O)[C@@H](C)/C=C/C=C/C=C/C=C/C=C/C=C/C=C/[C@H](O[C@@H]2O[C@H](C)[C@@H](O)[C@H](N)[C@@H]2O)C[C@@H]2O[C@](O)(C[C@@H](O)C[C@@H](O)[C@H](O)CC[C@@H](O)C[C@@H](O)CC(=O)O[C@H]1C)C[C@H](O)[C@H]2C(=O)O.O=C(O)CCC(=O)O.[Ca]. The number of ether oxygens (including phenoxy) is 4. The van der Waals surface area contributed by atoms with Gasteiger partial charge in [0, 0.05) is 75.3 Å². The van der Waals surface area contributed by atoms with Crippen LogP contribution in [-0.2, 0) is 38.1 Å². The predicted octanol–water partition coefficient (Wildman–Crippen LogP) is 0.267. The van der Waals surface area contributed by atoms with Crippen molar-refractivity contribution in [3.8, 4) is 0 Å². The van der Waals surface area contributed by atoms with Crippen molar-refractivity contribution in [2.45, 2.75) is 189 Å². The van der Waals surface area contributed by atoms with E-state index in [-0.39, 0.29) is 82.2 Å². The van der Waals surface area contributed by atoms with Gasteiger partial charge in [0.1, 0.15) is 18.1 Å². The molecule has 0 aromatic carbocycles. The first kappa shape index (κ1) is 68.8. The molecule has 2 saturated heterocycles. The van der Waals surface area contributed by atoms with Crippen LogP contribution in [0.1, 0.15) is 91.9 Å². The zero-order valence-electron chi connectivity index (χ0n) is 42.4. The summed E-state index contributed by atoms with van der Waals surface area (Å²) in [7, 11) is 0. The maximum atomic E-state index is 12.6. The van der Waals surface area contributed by atoms with Gasteiger partial charge in [-0.05, 0) is 33.1 Å². The quantitative estimate of drug-likeness (QED) is 0.125. The van der Waals surface area contributed by atoms with Gasteiger partial charge in [-0.3, -0.25) is 19.2 Å². The molecule has 0 spiro atoms. The number of hydrogen-bond acceptors (Lipinski definition) is 19. The van der Waals surface area contributed by atoms with Gasteiger partial charge in [0.05, 0.1) is 92.4 Å². The molecule has 416 valence electrons. The molecule has 15 N–H and O–H groups in total. The number of carbonyl (C=O) groups excluding carboxylic acids is 1. The molecule has 0 aliphatic carbocycles. The first-order valence-electron chi connectivity index (χ1n) is 24.4. The summed E-state index contributed by atoms with van der Waals surface area (Å²) in [5.41, 5.74) is 6.02. The van der Waals surface area contributed by atoms with Crippen LogP contribution < -0.4 is 5.73 Å². The fraction of sp³-hybridized carbons (Fsp3) is 0.647. The third kappa shape index (κ3) is 25.7. The molecule has 0 amide bonds. The van der Waals surface area contributed by atoms with Crippen LogP contribution in [-0.4, -0.2) is 225 Å². The molecule has 0 aromatic rings. The van der Waals surface area contributed by atoms with E-state index in [4.69, 9.17) is 34.9 Å². The summed E-state index contributed by atoms with van der Waals surface area (Å²) in [6.07, 6.45) is 2.87. The maximum absolute atomic E-state index is 12.6. The minimum Gasteiger partial charge on any atom is -0.481 e. The Bertz CT molecular complexity index is 1900. The van der Waals surface area contributed by atoms with Crippen molar-refractivity contribution in [1.82, 2.24) is 0 Å². The number of esters is 1. The molecule has 0 unspecified atom stereocenters. The van der Waals surface area contributed by atoms with Gasteiger partial charge < -0.3 is 91.1 Å². The molecule has 3 heterocycles. The van der Waals surface area contributed by atoms with Gasteiger partial charge >= 0.3 is 23.9 Å². The molecule has 3 aliphatic heterocycles. The number of cyclic esters (lactones) is 1.